The van der Waals surface area contributed by atoms with Crippen LogP contribution in [0.3, 0.4) is 0 Å². The van der Waals surface area contributed by atoms with Crippen molar-refractivity contribution in [3.05, 3.63) is 60.5 Å². The summed E-state index contributed by atoms with van der Waals surface area (Å²) < 4.78 is 0. The lowest BCUT2D eigenvalue weighted by molar-refractivity contribution is 1.22. The molecular weight excluding hydrogens is 213 g/mol. The summed E-state index contributed by atoms with van der Waals surface area (Å²) in [7, 11) is 0.639. The summed E-state index contributed by atoms with van der Waals surface area (Å²) in [6.45, 7) is 5.96. The molecule has 2 N–H and O–H groups in total. The van der Waals surface area contributed by atoms with Crippen LogP contribution < -0.4 is 11.0 Å². The Bertz CT molecular complexity index is 388. The van der Waals surface area contributed by atoms with E-state index >= 15 is 0 Å². The zero-order valence-corrected chi connectivity index (χ0v) is 10.6. The van der Waals surface area contributed by atoms with Crippen LogP contribution in [-0.4, -0.2) is 0 Å². The summed E-state index contributed by atoms with van der Waals surface area (Å²) in [6, 6.07) is 8.00. The first-order valence-electron chi connectivity index (χ1n) is 5.38. The molecule has 0 radical (unpaired) electrons. The molecule has 0 amide bonds. The molecule has 2 heteroatoms. The fourth-order valence-corrected chi connectivity index (χ4v) is 2.15. The van der Waals surface area contributed by atoms with Gasteiger partial charge in [-0.15, -0.1) is 0 Å². The average Bonchev–Trinajstić information content (AvgIpc) is 2.31. The maximum atomic E-state index is 5.65. The highest BCUT2D eigenvalue weighted by atomic mass is 31.1. The highest BCUT2D eigenvalue weighted by molar-refractivity contribution is 7.52. The van der Waals surface area contributed by atoms with Gasteiger partial charge in [0.25, 0.3) is 0 Å². The molecule has 84 valence electrons. The Morgan fingerprint density at radius 2 is 2.06 bits per heavy atom. The number of hydrogen-bond acceptors (Lipinski definition) is 1. The largest absolute Gasteiger partial charge is 0.399 e. The molecule has 0 spiro atoms. The third-order valence-electron chi connectivity index (χ3n) is 2.07. The molecule has 0 saturated heterocycles. The van der Waals surface area contributed by atoms with Crippen LogP contribution in [0.25, 0.3) is 0 Å². The Balaban J connectivity index is 2.70. The molecule has 0 aliphatic carbocycles. The Labute approximate surface area is 99.5 Å². The summed E-state index contributed by atoms with van der Waals surface area (Å²) in [5.74, 6) is 0. The van der Waals surface area contributed by atoms with Crippen molar-refractivity contribution in [1.29, 1.82) is 0 Å². The zero-order valence-electron chi connectivity index (χ0n) is 9.61. The minimum atomic E-state index is 0.639. The number of nitrogens with two attached hydrogens (primary N) is 1. The lowest BCUT2D eigenvalue weighted by Gasteiger charge is -2.02. The van der Waals surface area contributed by atoms with Crippen molar-refractivity contribution in [2.24, 2.45) is 0 Å². The molecule has 0 aromatic heterocycles. The van der Waals surface area contributed by atoms with Crippen LogP contribution in [-0.2, 0) is 0 Å². The molecule has 1 atom stereocenters. The van der Waals surface area contributed by atoms with E-state index in [9.17, 15) is 0 Å². The molecule has 0 aliphatic heterocycles. The zero-order chi connectivity index (χ0) is 11.8. The van der Waals surface area contributed by atoms with E-state index in [4.69, 9.17) is 5.73 Å². The fraction of sp³-hybridized carbons (Fsp3) is 0.143. The highest BCUT2D eigenvalue weighted by Gasteiger charge is 1.94. The van der Waals surface area contributed by atoms with Crippen LogP contribution in [0.1, 0.15) is 13.3 Å². The minimum absolute atomic E-state index is 0.639. The van der Waals surface area contributed by atoms with Gasteiger partial charge in [-0.1, -0.05) is 58.5 Å². The predicted octanol–water partition coefficient (Wildman–Crippen LogP) is 3.61. The lowest BCUT2D eigenvalue weighted by Crippen LogP contribution is -1.94. The Hall–Kier alpha value is -1.33. The Kier molecular flexibility index (Phi) is 5.60. The van der Waals surface area contributed by atoms with E-state index in [0.717, 1.165) is 12.1 Å². The quantitative estimate of drug-likeness (QED) is 0.467. The van der Waals surface area contributed by atoms with Crippen LogP contribution in [0.5, 0.6) is 0 Å². The SMILES string of the molecule is C=C/C(=C\C=C/CC)Pc1ccc(N)cc1. The minimum Gasteiger partial charge on any atom is -0.399 e. The number of hydrogen-bond donors (Lipinski definition) is 1. The van der Waals surface area contributed by atoms with Gasteiger partial charge in [-0.05, 0) is 29.2 Å². The van der Waals surface area contributed by atoms with E-state index in [0.29, 0.717) is 8.58 Å². The van der Waals surface area contributed by atoms with Crippen LogP contribution in [0.15, 0.2) is 60.5 Å². The van der Waals surface area contributed by atoms with Crippen molar-refractivity contribution in [3.8, 4) is 0 Å². The molecule has 1 nitrogen and oxygen atoms in total. The second-order valence-electron chi connectivity index (χ2n) is 3.41. The second kappa shape index (κ2) is 7.03. The molecule has 0 saturated carbocycles. The third-order valence-corrected chi connectivity index (χ3v) is 3.35. The lowest BCUT2D eigenvalue weighted by atomic mass is 10.3. The van der Waals surface area contributed by atoms with Gasteiger partial charge < -0.3 is 5.73 Å². The van der Waals surface area contributed by atoms with Gasteiger partial charge >= 0.3 is 0 Å². The molecule has 0 fully saturated rings. The van der Waals surface area contributed by atoms with E-state index in [2.05, 4.69) is 43.9 Å². The van der Waals surface area contributed by atoms with Crippen LogP contribution in [0.2, 0.25) is 0 Å². The average molecular weight is 231 g/mol. The number of benzene rings is 1. The molecule has 0 bridgehead atoms. The van der Waals surface area contributed by atoms with Gasteiger partial charge in [0.15, 0.2) is 0 Å². The molecule has 0 heterocycles. The molecule has 1 rings (SSSR count). The van der Waals surface area contributed by atoms with Gasteiger partial charge in [-0.25, -0.2) is 0 Å². The standard InChI is InChI=1S/C14H18NP/c1-3-5-6-7-13(4-2)16-14-10-8-12(15)9-11-14/h4-11,16H,2-3,15H2,1H3/b6-5-,13-7+. The van der Waals surface area contributed by atoms with Crippen molar-refractivity contribution >= 4 is 19.6 Å². The molecule has 0 aliphatic rings. The van der Waals surface area contributed by atoms with Crippen molar-refractivity contribution in [1.82, 2.24) is 0 Å². The van der Waals surface area contributed by atoms with Crippen LogP contribution in [0, 0.1) is 0 Å². The molecule has 1 unspecified atom stereocenters. The predicted molar refractivity (Wildman–Crippen MR) is 76.5 cm³/mol. The maximum absolute atomic E-state index is 5.65. The number of rotatable bonds is 5. The molecule has 16 heavy (non-hydrogen) atoms. The van der Waals surface area contributed by atoms with Gasteiger partial charge in [-0.3, -0.25) is 0 Å². The highest BCUT2D eigenvalue weighted by Crippen LogP contribution is 2.24. The summed E-state index contributed by atoms with van der Waals surface area (Å²) in [5.41, 5.74) is 6.45. The van der Waals surface area contributed by atoms with Gasteiger partial charge in [0, 0.05) is 5.69 Å². The Morgan fingerprint density at radius 3 is 2.62 bits per heavy atom. The van der Waals surface area contributed by atoms with Crippen molar-refractivity contribution < 1.29 is 0 Å². The van der Waals surface area contributed by atoms with Gasteiger partial charge in [0.1, 0.15) is 0 Å². The first-order valence-corrected chi connectivity index (χ1v) is 6.38. The fourth-order valence-electron chi connectivity index (χ4n) is 1.20. The van der Waals surface area contributed by atoms with E-state index < -0.39 is 0 Å². The number of nitrogen functional groups attached to an aromatic ring is 1. The summed E-state index contributed by atoms with van der Waals surface area (Å²) in [6.07, 6.45) is 9.31. The van der Waals surface area contributed by atoms with Gasteiger partial charge in [0.05, 0.1) is 0 Å². The van der Waals surface area contributed by atoms with Crippen LogP contribution in [0.4, 0.5) is 5.69 Å². The monoisotopic (exact) mass is 231 g/mol. The summed E-state index contributed by atoms with van der Waals surface area (Å²) in [5, 5.41) is 2.53. The van der Waals surface area contributed by atoms with Crippen molar-refractivity contribution in [3.63, 3.8) is 0 Å². The Morgan fingerprint density at radius 1 is 1.38 bits per heavy atom. The summed E-state index contributed by atoms with van der Waals surface area (Å²) >= 11 is 0. The first kappa shape index (κ1) is 12.7. The third kappa shape index (κ3) is 4.46. The second-order valence-corrected chi connectivity index (χ2v) is 4.81. The van der Waals surface area contributed by atoms with Crippen molar-refractivity contribution in [2.45, 2.75) is 13.3 Å². The number of allylic oxidation sites excluding steroid dienone is 5. The normalized spacial score (nSPS) is 12.7. The van der Waals surface area contributed by atoms with E-state index in [1.54, 1.807) is 0 Å². The topological polar surface area (TPSA) is 26.0 Å². The van der Waals surface area contributed by atoms with Crippen molar-refractivity contribution in [2.75, 3.05) is 5.73 Å². The molecule has 1 aromatic carbocycles. The van der Waals surface area contributed by atoms with Gasteiger partial charge in [0.2, 0.25) is 0 Å². The molecular formula is C14H18NP. The van der Waals surface area contributed by atoms with E-state index in [1.165, 1.54) is 10.6 Å². The van der Waals surface area contributed by atoms with E-state index in [-0.39, 0.29) is 0 Å². The first-order chi connectivity index (χ1) is 7.76. The number of anilines is 1. The summed E-state index contributed by atoms with van der Waals surface area (Å²) in [4.78, 5) is 0. The smallest absolute Gasteiger partial charge is 0.0314 e. The maximum Gasteiger partial charge on any atom is 0.0314 e. The van der Waals surface area contributed by atoms with E-state index in [1.807, 2.05) is 18.2 Å². The van der Waals surface area contributed by atoms with Crippen LogP contribution >= 0.6 is 8.58 Å². The van der Waals surface area contributed by atoms with Gasteiger partial charge in [-0.2, -0.15) is 0 Å². The molecule has 1 aromatic rings.